The van der Waals surface area contributed by atoms with E-state index < -0.39 is 17.6 Å². The van der Waals surface area contributed by atoms with Gasteiger partial charge in [-0.05, 0) is 42.5 Å². The van der Waals surface area contributed by atoms with E-state index in [4.69, 9.17) is 9.84 Å². The van der Waals surface area contributed by atoms with Gasteiger partial charge >= 0.3 is 5.97 Å². The molecule has 6 heteroatoms. The summed E-state index contributed by atoms with van der Waals surface area (Å²) in [5.74, 6) is -2.23. The molecule has 0 bridgehead atoms. The molecular formula is C15H9BrF2O3. The number of carboxylic acids is 1. The number of rotatable bonds is 4. The largest absolute Gasteiger partial charge is 0.478 e. The molecule has 0 amide bonds. The molecule has 0 unspecified atom stereocenters. The molecule has 0 fully saturated rings. The molecule has 2 rings (SSSR count). The van der Waals surface area contributed by atoms with Crippen LogP contribution in [0.25, 0.3) is 6.08 Å². The van der Waals surface area contributed by atoms with Gasteiger partial charge in [0.15, 0.2) is 11.6 Å². The van der Waals surface area contributed by atoms with Gasteiger partial charge in [0.1, 0.15) is 11.6 Å². The van der Waals surface area contributed by atoms with E-state index in [9.17, 15) is 13.6 Å². The molecule has 0 spiro atoms. The zero-order valence-electron chi connectivity index (χ0n) is 10.5. The molecule has 0 heterocycles. The van der Waals surface area contributed by atoms with Crippen molar-refractivity contribution in [3.05, 3.63) is 64.1 Å². The lowest BCUT2D eigenvalue weighted by Gasteiger charge is -2.10. The Bertz CT molecular complexity index is 714. The van der Waals surface area contributed by atoms with Crippen LogP contribution in [0.2, 0.25) is 0 Å². The molecule has 0 atom stereocenters. The second-order valence-electron chi connectivity index (χ2n) is 4.03. The monoisotopic (exact) mass is 354 g/mol. The predicted octanol–water partition coefficient (Wildman–Crippen LogP) is 4.62. The molecule has 0 aromatic heterocycles. The summed E-state index contributed by atoms with van der Waals surface area (Å²) in [5, 5.41) is 8.61. The van der Waals surface area contributed by atoms with E-state index in [1.807, 2.05) is 0 Å². The number of aliphatic carboxylic acids is 1. The Hall–Kier alpha value is -2.21. The first kappa shape index (κ1) is 15.2. The summed E-state index contributed by atoms with van der Waals surface area (Å²) in [6.45, 7) is 0. The third-order valence-electron chi connectivity index (χ3n) is 2.49. The molecule has 0 saturated heterocycles. The summed E-state index contributed by atoms with van der Waals surface area (Å²) in [7, 11) is 0. The first-order valence-corrected chi connectivity index (χ1v) is 6.58. The van der Waals surface area contributed by atoms with Crippen molar-refractivity contribution in [2.75, 3.05) is 0 Å². The molecule has 0 radical (unpaired) electrons. The van der Waals surface area contributed by atoms with E-state index in [0.717, 1.165) is 18.2 Å². The zero-order valence-corrected chi connectivity index (χ0v) is 12.1. The lowest BCUT2D eigenvalue weighted by molar-refractivity contribution is -0.131. The van der Waals surface area contributed by atoms with Crippen LogP contribution in [0.15, 0.2) is 46.9 Å². The fraction of sp³-hybridized carbons (Fsp3) is 0. The number of carboxylic acid groups (broad SMARTS) is 1. The Morgan fingerprint density at radius 2 is 1.86 bits per heavy atom. The van der Waals surface area contributed by atoms with E-state index >= 15 is 0 Å². The van der Waals surface area contributed by atoms with Crippen LogP contribution < -0.4 is 4.74 Å². The zero-order chi connectivity index (χ0) is 15.4. The molecule has 0 aliphatic carbocycles. The summed E-state index contributed by atoms with van der Waals surface area (Å²) in [5.41, 5.74) is 0.194. The SMILES string of the molecule is O=C(O)/C=C/c1cc(F)ccc1Oc1ccc(Br)cc1F. The third kappa shape index (κ3) is 4.13. The second kappa shape index (κ2) is 6.49. The van der Waals surface area contributed by atoms with Gasteiger partial charge in [-0.15, -0.1) is 0 Å². The first-order chi connectivity index (χ1) is 9.95. The van der Waals surface area contributed by atoms with Crippen molar-refractivity contribution in [3.63, 3.8) is 0 Å². The maximum absolute atomic E-state index is 13.7. The van der Waals surface area contributed by atoms with Gasteiger partial charge in [0.05, 0.1) is 0 Å². The minimum Gasteiger partial charge on any atom is -0.478 e. The van der Waals surface area contributed by atoms with Gasteiger partial charge in [-0.1, -0.05) is 15.9 Å². The van der Waals surface area contributed by atoms with E-state index in [1.165, 1.54) is 24.3 Å². The van der Waals surface area contributed by atoms with E-state index in [1.54, 1.807) is 6.07 Å². The van der Waals surface area contributed by atoms with Crippen molar-refractivity contribution in [1.29, 1.82) is 0 Å². The highest BCUT2D eigenvalue weighted by molar-refractivity contribution is 9.10. The molecule has 21 heavy (non-hydrogen) atoms. The standard InChI is InChI=1S/C15H9BrF2O3/c16-10-2-4-14(12(18)8-10)21-13-5-3-11(17)7-9(13)1-6-15(19)20/h1-8H,(H,19,20)/b6-1+. The van der Waals surface area contributed by atoms with Crippen molar-refractivity contribution in [2.45, 2.75) is 0 Å². The quantitative estimate of drug-likeness (QED) is 0.815. The fourth-order valence-corrected chi connectivity index (χ4v) is 1.91. The highest BCUT2D eigenvalue weighted by Crippen LogP contribution is 2.30. The van der Waals surface area contributed by atoms with Crippen molar-refractivity contribution in [2.24, 2.45) is 0 Å². The summed E-state index contributed by atoms with van der Waals surface area (Å²) in [6, 6.07) is 7.78. The number of carbonyl (C=O) groups is 1. The highest BCUT2D eigenvalue weighted by Gasteiger charge is 2.09. The van der Waals surface area contributed by atoms with Crippen LogP contribution in [0.3, 0.4) is 0 Å². The minimum atomic E-state index is -1.18. The number of hydrogen-bond acceptors (Lipinski definition) is 2. The minimum absolute atomic E-state index is 0.0465. The van der Waals surface area contributed by atoms with Crippen LogP contribution in [-0.2, 0) is 4.79 Å². The van der Waals surface area contributed by atoms with E-state index in [-0.39, 0.29) is 17.1 Å². The average Bonchev–Trinajstić information content (AvgIpc) is 2.41. The number of hydrogen-bond donors (Lipinski definition) is 1. The Morgan fingerprint density at radius 3 is 2.52 bits per heavy atom. The van der Waals surface area contributed by atoms with E-state index in [0.29, 0.717) is 4.47 Å². The molecule has 0 aliphatic heterocycles. The topological polar surface area (TPSA) is 46.5 Å². The van der Waals surface area contributed by atoms with Crippen LogP contribution in [0.4, 0.5) is 8.78 Å². The number of ether oxygens (including phenoxy) is 1. The predicted molar refractivity (Wildman–Crippen MR) is 77.2 cm³/mol. The smallest absolute Gasteiger partial charge is 0.328 e. The maximum Gasteiger partial charge on any atom is 0.328 e. The van der Waals surface area contributed by atoms with Crippen molar-refractivity contribution < 1.29 is 23.4 Å². The molecule has 3 nitrogen and oxygen atoms in total. The first-order valence-electron chi connectivity index (χ1n) is 5.79. The van der Waals surface area contributed by atoms with Gasteiger partial charge in [-0.25, -0.2) is 13.6 Å². The average molecular weight is 355 g/mol. The van der Waals surface area contributed by atoms with Crippen LogP contribution in [0, 0.1) is 11.6 Å². The van der Waals surface area contributed by atoms with Crippen LogP contribution in [0.1, 0.15) is 5.56 Å². The molecular weight excluding hydrogens is 346 g/mol. The van der Waals surface area contributed by atoms with Crippen LogP contribution in [0.5, 0.6) is 11.5 Å². The lowest BCUT2D eigenvalue weighted by atomic mass is 10.2. The number of benzene rings is 2. The normalized spacial score (nSPS) is 10.8. The highest BCUT2D eigenvalue weighted by atomic mass is 79.9. The summed E-state index contributed by atoms with van der Waals surface area (Å²) >= 11 is 3.12. The molecule has 2 aromatic carbocycles. The van der Waals surface area contributed by atoms with Crippen molar-refractivity contribution >= 4 is 28.0 Å². The Kier molecular flexibility index (Phi) is 4.70. The van der Waals surface area contributed by atoms with Crippen molar-refractivity contribution in [1.82, 2.24) is 0 Å². The van der Waals surface area contributed by atoms with Gasteiger partial charge in [0.25, 0.3) is 0 Å². The fourth-order valence-electron chi connectivity index (χ4n) is 1.58. The lowest BCUT2D eigenvalue weighted by Crippen LogP contribution is -1.93. The Labute approximate surface area is 127 Å². The van der Waals surface area contributed by atoms with Crippen LogP contribution >= 0.6 is 15.9 Å². The molecule has 0 aliphatic rings. The van der Waals surface area contributed by atoms with Crippen LogP contribution in [-0.4, -0.2) is 11.1 Å². The number of halogens is 3. The molecule has 108 valence electrons. The van der Waals surface area contributed by atoms with Gasteiger partial charge in [0.2, 0.25) is 0 Å². The van der Waals surface area contributed by atoms with Gasteiger partial charge < -0.3 is 9.84 Å². The summed E-state index contributed by atoms with van der Waals surface area (Å²) in [6.07, 6.45) is 2.02. The Morgan fingerprint density at radius 1 is 1.14 bits per heavy atom. The van der Waals surface area contributed by atoms with Gasteiger partial charge in [-0.2, -0.15) is 0 Å². The van der Waals surface area contributed by atoms with Gasteiger partial charge in [-0.3, -0.25) is 0 Å². The molecule has 1 N–H and O–H groups in total. The molecule has 2 aromatic rings. The summed E-state index contributed by atoms with van der Waals surface area (Å²) in [4.78, 5) is 10.5. The molecule has 0 saturated carbocycles. The second-order valence-corrected chi connectivity index (χ2v) is 4.95. The maximum atomic E-state index is 13.7. The van der Waals surface area contributed by atoms with E-state index in [2.05, 4.69) is 15.9 Å². The van der Waals surface area contributed by atoms with Crippen molar-refractivity contribution in [3.8, 4) is 11.5 Å². The van der Waals surface area contributed by atoms with Gasteiger partial charge in [0, 0.05) is 16.1 Å². The Balaban J connectivity index is 2.37. The summed E-state index contributed by atoms with van der Waals surface area (Å²) < 4.78 is 32.9. The third-order valence-corrected chi connectivity index (χ3v) is 2.98.